The topological polar surface area (TPSA) is 58.2 Å². The van der Waals surface area contributed by atoms with Crippen LogP contribution in [0.25, 0.3) is 0 Å². The second-order valence-electron chi connectivity index (χ2n) is 6.05. The molecule has 2 aromatic rings. The van der Waals surface area contributed by atoms with Crippen molar-refractivity contribution in [1.29, 1.82) is 0 Å². The van der Waals surface area contributed by atoms with E-state index in [4.69, 9.17) is 4.74 Å². The number of para-hydroxylation sites is 1. The summed E-state index contributed by atoms with van der Waals surface area (Å²) in [6.07, 6.45) is 3.81. The molecule has 1 atom stereocenters. The third-order valence-corrected chi connectivity index (χ3v) is 4.31. The number of hydrogen-bond donors (Lipinski definition) is 1. The third-order valence-electron chi connectivity index (χ3n) is 4.31. The first-order valence-corrected chi connectivity index (χ1v) is 7.63. The van der Waals surface area contributed by atoms with E-state index in [2.05, 4.69) is 17.1 Å². The summed E-state index contributed by atoms with van der Waals surface area (Å²) in [6.45, 7) is 3.76. The first kappa shape index (κ1) is 14.6. The summed E-state index contributed by atoms with van der Waals surface area (Å²) in [5, 5.41) is 7.08. The van der Waals surface area contributed by atoms with Gasteiger partial charge in [0.1, 0.15) is 5.75 Å². The van der Waals surface area contributed by atoms with Gasteiger partial charge < -0.3 is 9.64 Å². The highest BCUT2D eigenvalue weighted by Crippen LogP contribution is 2.32. The molecule has 5 heteroatoms. The van der Waals surface area contributed by atoms with Crippen LogP contribution < -0.4 is 4.74 Å². The van der Waals surface area contributed by atoms with Crippen molar-refractivity contribution >= 4 is 5.91 Å². The van der Waals surface area contributed by atoms with Gasteiger partial charge in [0.25, 0.3) is 5.91 Å². The first-order chi connectivity index (χ1) is 10.7. The van der Waals surface area contributed by atoms with Gasteiger partial charge in [-0.25, -0.2) is 0 Å². The van der Waals surface area contributed by atoms with Gasteiger partial charge in [0.15, 0.2) is 6.61 Å². The van der Waals surface area contributed by atoms with Crippen molar-refractivity contribution in [2.24, 2.45) is 0 Å². The van der Waals surface area contributed by atoms with Crippen LogP contribution in [0.5, 0.6) is 5.75 Å². The minimum Gasteiger partial charge on any atom is -0.484 e. The number of ether oxygens (including phenoxy) is 1. The second kappa shape index (κ2) is 6.22. The Balaban J connectivity index is 1.61. The fourth-order valence-corrected chi connectivity index (χ4v) is 3.02. The Morgan fingerprint density at radius 3 is 2.91 bits per heavy atom. The first-order valence-electron chi connectivity index (χ1n) is 7.63. The largest absolute Gasteiger partial charge is 0.484 e. The van der Waals surface area contributed by atoms with Crippen LogP contribution in [-0.4, -0.2) is 40.7 Å². The molecule has 1 N–H and O–H groups in total. The Labute approximate surface area is 130 Å². The van der Waals surface area contributed by atoms with Gasteiger partial charge in [-0.2, -0.15) is 5.10 Å². The van der Waals surface area contributed by atoms with E-state index in [1.807, 2.05) is 41.3 Å². The van der Waals surface area contributed by atoms with Crippen LogP contribution in [0.15, 0.2) is 42.6 Å². The number of carbonyl (C=O) groups excluding carboxylic acids is 1. The van der Waals surface area contributed by atoms with Gasteiger partial charge in [0, 0.05) is 30.4 Å². The Morgan fingerprint density at radius 1 is 1.36 bits per heavy atom. The number of H-pyrrole nitrogens is 1. The number of aromatic nitrogens is 2. The van der Waals surface area contributed by atoms with Crippen molar-refractivity contribution < 1.29 is 9.53 Å². The van der Waals surface area contributed by atoms with Crippen LogP contribution in [0.1, 0.15) is 25.5 Å². The number of piperidine rings is 1. The predicted octanol–water partition coefficient (Wildman–Crippen LogP) is 2.37. The number of rotatable bonds is 4. The summed E-state index contributed by atoms with van der Waals surface area (Å²) in [7, 11) is 0. The average molecular weight is 299 g/mol. The van der Waals surface area contributed by atoms with E-state index in [0.29, 0.717) is 6.54 Å². The quantitative estimate of drug-likeness (QED) is 0.943. The van der Waals surface area contributed by atoms with Gasteiger partial charge in [0.2, 0.25) is 0 Å². The number of carbonyl (C=O) groups is 1. The van der Waals surface area contributed by atoms with E-state index in [1.54, 1.807) is 6.20 Å². The van der Waals surface area contributed by atoms with E-state index >= 15 is 0 Å². The maximum atomic E-state index is 12.4. The molecule has 0 aliphatic carbocycles. The fourth-order valence-electron chi connectivity index (χ4n) is 3.02. The third kappa shape index (κ3) is 3.13. The molecular weight excluding hydrogens is 278 g/mol. The molecule has 1 aromatic heterocycles. The van der Waals surface area contributed by atoms with Gasteiger partial charge in [-0.1, -0.05) is 25.1 Å². The van der Waals surface area contributed by atoms with E-state index in [1.165, 1.54) is 0 Å². The van der Waals surface area contributed by atoms with Crippen LogP contribution in [-0.2, 0) is 10.2 Å². The zero-order valence-electron chi connectivity index (χ0n) is 12.8. The molecule has 0 unspecified atom stereocenters. The number of aromatic amines is 1. The Bertz CT molecular complexity index is 612. The minimum absolute atomic E-state index is 0.0364. The standard InChI is InChI=1S/C17H21N3O2/c1-17(15-8-10-18-19-15)9-5-11-20(13-17)16(21)12-22-14-6-3-2-4-7-14/h2-4,6-8,10H,5,9,11-13H2,1H3,(H,18,19)/t17-/m0/s1. The normalized spacial score (nSPS) is 21.6. The maximum absolute atomic E-state index is 12.4. The molecule has 1 aromatic carbocycles. The highest BCUT2D eigenvalue weighted by molar-refractivity contribution is 5.78. The highest BCUT2D eigenvalue weighted by atomic mass is 16.5. The molecule has 1 aliphatic rings. The maximum Gasteiger partial charge on any atom is 0.260 e. The van der Waals surface area contributed by atoms with Crippen LogP contribution >= 0.6 is 0 Å². The Morgan fingerprint density at radius 2 is 2.18 bits per heavy atom. The molecule has 0 bridgehead atoms. The van der Waals surface area contributed by atoms with Crippen LogP contribution in [0.2, 0.25) is 0 Å². The molecule has 0 spiro atoms. The second-order valence-corrected chi connectivity index (χ2v) is 6.05. The molecule has 3 rings (SSSR count). The Kier molecular flexibility index (Phi) is 4.13. The van der Waals surface area contributed by atoms with Crippen LogP contribution in [0, 0.1) is 0 Å². The van der Waals surface area contributed by atoms with Crippen LogP contribution in [0.3, 0.4) is 0 Å². The Hall–Kier alpha value is -2.30. The van der Waals surface area contributed by atoms with Crippen molar-refractivity contribution in [3.05, 3.63) is 48.3 Å². The lowest BCUT2D eigenvalue weighted by Gasteiger charge is -2.39. The summed E-state index contributed by atoms with van der Waals surface area (Å²) in [6, 6.07) is 11.4. The summed E-state index contributed by atoms with van der Waals surface area (Å²) >= 11 is 0. The lowest BCUT2D eigenvalue weighted by Crippen LogP contribution is -2.48. The zero-order chi connectivity index (χ0) is 15.4. The summed E-state index contributed by atoms with van der Waals surface area (Å²) < 4.78 is 5.57. The SMILES string of the molecule is C[C@]1(c2ccn[nH]2)CCCN(C(=O)COc2ccccc2)C1. The molecule has 22 heavy (non-hydrogen) atoms. The molecule has 116 valence electrons. The number of nitrogens with one attached hydrogen (secondary N) is 1. The van der Waals surface area contributed by atoms with Crippen molar-refractivity contribution in [3.63, 3.8) is 0 Å². The minimum atomic E-state index is -0.0584. The lowest BCUT2D eigenvalue weighted by molar-refractivity contribution is -0.135. The summed E-state index contributed by atoms with van der Waals surface area (Å²) in [5.74, 6) is 0.762. The number of nitrogens with zero attached hydrogens (tertiary/aromatic N) is 2. The zero-order valence-corrected chi connectivity index (χ0v) is 12.8. The van der Waals surface area contributed by atoms with Crippen molar-refractivity contribution in [2.45, 2.75) is 25.2 Å². The summed E-state index contributed by atoms with van der Waals surface area (Å²) in [5.41, 5.74) is 1.03. The molecule has 1 amide bonds. The van der Waals surface area contributed by atoms with Gasteiger partial charge >= 0.3 is 0 Å². The van der Waals surface area contributed by atoms with Gasteiger partial charge in [0.05, 0.1) is 0 Å². The van der Waals surface area contributed by atoms with E-state index < -0.39 is 0 Å². The molecule has 0 radical (unpaired) electrons. The molecular formula is C17H21N3O2. The predicted molar refractivity (Wildman–Crippen MR) is 83.7 cm³/mol. The molecule has 2 heterocycles. The van der Waals surface area contributed by atoms with Crippen LogP contribution in [0.4, 0.5) is 0 Å². The van der Waals surface area contributed by atoms with Gasteiger partial charge in [-0.05, 0) is 31.0 Å². The number of likely N-dealkylation sites (tertiary alicyclic amines) is 1. The lowest BCUT2D eigenvalue weighted by atomic mass is 9.79. The highest BCUT2D eigenvalue weighted by Gasteiger charge is 2.35. The smallest absolute Gasteiger partial charge is 0.260 e. The van der Waals surface area contributed by atoms with Crippen molar-refractivity contribution in [1.82, 2.24) is 15.1 Å². The van der Waals surface area contributed by atoms with Gasteiger partial charge in [-0.3, -0.25) is 9.89 Å². The molecule has 5 nitrogen and oxygen atoms in total. The number of amides is 1. The molecule has 1 aliphatic heterocycles. The number of hydrogen-bond acceptors (Lipinski definition) is 3. The summed E-state index contributed by atoms with van der Waals surface area (Å²) in [4.78, 5) is 14.3. The van der Waals surface area contributed by atoms with Crippen molar-refractivity contribution in [2.75, 3.05) is 19.7 Å². The van der Waals surface area contributed by atoms with E-state index in [0.717, 1.165) is 30.8 Å². The molecule has 1 saturated heterocycles. The van der Waals surface area contributed by atoms with Gasteiger partial charge in [-0.15, -0.1) is 0 Å². The molecule has 0 saturated carbocycles. The van der Waals surface area contributed by atoms with E-state index in [9.17, 15) is 4.79 Å². The monoisotopic (exact) mass is 299 g/mol. The average Bonchev–Trinajstić information content (AvgIpc) is 3.09. The fraction of sp³-hybridized carbons (Fsp3) is 0.412. The number of benzene rings is 1. The van der Waals surface area contributed by atoms with E-state index in [-0.39, 0.29) is 17.9 Å². The van der Waals surface area contributed by atoms with Crippen molar-refractivity contribution in [3.8, 4) is 5.75 Å². The molecule has 1 fully saturated rings.